The summed E-state index contributed by atoms with van der Waals surface area (Å²) >= 11 is 1.31. The number of unbranched alkanes of at least 4 members (excludes halogenated alkanes) is 1. The van der Waals surface area contributed by atoms with Gasteiger partial charge in [-0.1, -0.05) is 49.9 Å². The van der Waals surface area contributed by atoms with Crippen molar-refractivity contribution in [3.8, 4) is 11.8 Å². The molecule has 1 atom stereocenters. The number of aromatic nitrogens is 1. The van der Waals surface area contributed by atoms with Crippen LogP contribution in [0.25, 0.3) is 0 Å². The predicted octanol–water partition coefficient (Wildman–Crippen LogP) is 2.25. The number of carbonyl (C=O) groups excluding carboxylic acids is 1. The Kier molecular flexibility index (Phi) is 6.40. The summed E-state index contributed by atoms with van der Waals surface area (Å²) in [4.78, 5) is 16.6. The number of hydrogen-bond acceptors (Lipinski definition) is 4. The molecule has 4 nitrogen and oxygen atoms in total. The minimum atomic E-state index is -0.173. The summed E-state index contributed by atoms with van der Waals surface area (Å²) in [5.74, 6) is 5.30. The van der Waals surface area contributed by atoms with Crippen LogP contribution in [0.2, 0.25) is 0 Å². The van der Waals surface area contributed by atoms with Gasteiger partial charge in [-0.2, -0.15) is 0 Å². The van der Waals surface area contributed by atoms with E-state index in [-0.39, 0.29) is 18.4 Å². The number of thiazole rings is 1. The highest BCUT2D eigenvalue weighted by atomic mass is 32.1. The second kappa shape index (κ2) is 7.85. The summed E-state index contributed by atoms with van der Waals surface area (Å²) in [5, 5.41) is 11.9. The Morgan fingerprint density at radius 2 is 2.44 bits per heavy atom. The van der Waals surface area contributed by atoms with E-state index in [1.54, 1.807) is 6.20 Å². The molecule has 18 heavy (non-hydrogen) atoms. The Labute approximate surface area is 111 Å². The predicted molar refractivity (Wildman–Crippen MR) is 73.4 cm³/mol. The van der Waals surface area contributed by atoms with Gasteiger partial charge in [0.1, 0.15) is 6.61 Å². The molecule has 0 fully saturated rings. The van der Waals surface area contributed by atoms with Gasteiger partial charge < -0.3 is 10.4 Å². The lowest BCUT2D eigenvalue weighted by atomic mass is 10.0. The summed E-state index contributed by atoms with van der Waals surface area (Å²) in [7, 11) is 0. The number of amides is 1. The van der Waals surface area contributed by atoms with Gasteiger partial charge in [0.05, 0.1) is 11.1 Å². The third kappa shape index (κ3) is 4.86. The SMILES string of the molecule is CCCCC(C)C(=O)Nc1ncc(C#CCO)s1. The smallest absolute Gasteiger partial charge is 0.228 e. The largest absolute Gasteiger partial charge is 0.384 e. The van der Waals surface area contributed by atoms with Crippen LogP contribution in [0.1, 0.15) is 38.0 Å². The van der Waals surface area contributed by atoms with E-state index in [0.29, 0.717) is 5.13 Å². The van der Waals surface area contributed by atoms with E-state index in [1.165, 1.54) is 11.3 Å². The van der Waals surface area contributed by atoms with Gasteiger partial charge in [0.15, 0.2) is 5.13 Å². The van der Waals surface area contributed by atoms with Crippen LogP contribution < -0.4 is 5.32 Å². The van der Waals surface area contributed by atoms with E-state index in [9.17, 15) is 4.79 Å². The molecule has 0 saturated carbocycles. The molecule has 1 unspecified atom stereocenters. The molecule has 5 heteroatoms. The number of carbonyl (C=O) groups is 1. The number of nitrogens with one attached hydrogen (secondary N) is 1. The van der Waals surface area contributed by atoms with Gasteiger partial charge in [-0.3, -0.25) is 4.79 Å². The van der Waals surface area contributed by atoms with Crippen molar-refractivity contribution in [2.75, 3.05) is 11.9 Å². The van der Waals surface area contributed by atoms with E-state index >= 15 is 0 Å². The minimum absolute atomic E-state index is 0.000493. The molecule has 0 aliphatic rings. The molecule has 0 aliphatic heterocycles. The van der Waals surface area contributed by atoms with Crippen LogP contribution in [-0.2, 0) is 4.79 Å². The molecule has 98 valence electrons. The zero-order chi connectivity index (χ0) is 13.4. The normalized spacial score (nSPS) is 11.5. The monoisotopic (exact) mass is 266 g/mol. The van der Waals surface area contributed by atoms with Crippen molar-refractivity contribution in [1.82, 2.24) is 4.98 Å². The lowest BCUT2D eigenvalue weighted by Crippen LogP contribution is -2.20. The molecule has 0 spiro atoms. The second-order valence-electron chi connectivity index (χ2n) is 4.02. The molecule has 1 heterocycles. The van der Waals surface area contributed by atoms with Crippen molar-refractivity contribution in [2.24, 2.45) is 5.92 Å². The van der Waals surface area contributed by atoms with Crippen molar-refractivity contribution in [3.63, 3.8) is 0 Å². The van der Waals surface area contributed by atoms with Gasteiger partial charge in [0, 0.05) is 5.92 Å². The third-order valence-electron chi connectivity index (χ3n) is 2.46. The van der Waals surface area contributed by atoms with E-state index in [0.717, 1.165) is 24.1 Å². The van der Waals surface area contributed by atoms with Crippen molar-refractivity contribution in [2.45, 2.75) is 33.1 Å². The maximum atomic E-state index is 11.8. The van der Waals surface area contributed by atoms with Gasteiger partial charge in [0.2, 0.25) is 5.91 Å². The molecule has 0 radical (unpaired) electrons. The van der Waals surface area contributed by atoms with E-state index in [1.807, 2.05) is 6.92 Å². The summed E-state index contributed by atoms with van der Waals surface area (Å²) in [5.41, 5.74) is 0. The summed E-state index contributed by atoms with van der Waals surface area (Å²) in [6.07, 6.45) is 4.64. The van der Waals surface area contributed by atoms with E-state index in [4.69, 9.17) is 5.11 Å². The lowest BCUT2D eigenvalue weighted by molar-refractivity contribution is -0.119. The number of anilines is 1. The first-order valence-corrected chi connectivity index (χ1v) is 6.85. The van der Waals surface area contributed by atoms with Crippen LogP contribution in [-0.4, -0.2) is 22.6 Å². The van der Waals surface area contributed by atoms with Gasteiger partial charge in [-0.15, -0.1) is 0 Å². The number of nitrogens with zero attached hydrogens (tertiary/aromatic N) is 1. The van der Waals surface area contributed by atoms with E-state index in [2.05, 4.69) is 29.1 Å². The van der Waals surface area contributed by atoms with Crippen LogP contribution in [0.5, 0.6) is 0 Å². The highest BCUT2D eigenvalue weighted by Gasteiger charge is 2.13. The molecule has 0 aromatic carbocycles. The molecule has 0 bridgehead atoms. The van der Waals surface area contributed by atoms with Gasteiger partial charge >= 0.3 is 0 Å². The van der Waals surface area contributed by atoms with Crippen molar-refractivity contribution in [1.29, 1.82) is 0 Å². The first-order valence-electron chi connectivity index (χ1n) is 6.03. The van der Waals surface area contributed by atoms with Crippen LogP contribution in [0, 0.1) is 17.8 Å². The Balaban J connectivity index is 2.51. The molecule has 0 aliphatic carbocycles. The number of aliphatic hydroxyl groups is 1. The first-order chi connectivity index (χ1) is 8.67. The number of aliphatic hydroxyl groups excluding tert-OH is 1. The van der Waals surface area contributed by atoms with Gasteiger partial charge in [-0.05, 0) is 6.42 Å². The van der Waals surface area contributed by atoms with Crippen molar-refractivity contribution >= 4 is 22.4 Å². The number of hydrogen-bond donors (Lipinski definition) is 2. The Morgan fingerprint density at radius 1 is 1.67 bits per heavy atom. The van der Waals surface area contributed by atoms with Crippen LogP contribution in [0.15, 0.2) is 6.20 Å². The van der Waals surface area contributed by atoms with Crippen LogP contribution in [0.3, 0.4) is 0 Å². The molecule has 1 amide bonds. The van der Waals surface area contributed by atoms with Crippen molar-refractivity contribution in [3.05, 3.63) is 11.1 Å². The Hall–Kier alpha value is -1.38. The fourth-order valence-corrected chi connectivity index (χ4v) is 2.08. The zero-order valence-corrected chi connectivity index (χ0v) is 11.5. The zero-order valence-electron chi connectivity index (χ0n) is 10.7. The first kappa shape index (κ1) is 14.7. The Morgan fingerprint density at radius 3 is 3.11 bits per heavy atom. The summed E-state index contributed by atoms with van der Waals surface area (Å²) in [6, 6.07) is 0. The van der Waals surface area contributed by atoms with Gasteiger partial charge in [0.25, 0.3) is 0 Å². The maximum absolute atomic E-state index is 11.8. The molecular weight excluding hydrogens is 248 g/mol. The summed E-state index contributed by atoms with van der Waals surface area (Å²) < 4.78 is 0. The fourth-order valence-electron chi connectivity index (χ4n) is 1.39. The molecule has 1 aromatic rings. The molecule has 0 saturated heterocycles. The topological polar surface area (TPSA) is 62.2 Å². The molecular formula is C13H18N2O2S. The highest BCUT2D eigenvalue weighted by Crippen LogP contribution is 2.18. The number of rotatable bonds is 5. The molecule has 1 aromatic heterocycles. The van der Waals surface area contributed by atoms with Crippen molar-refractivity contribution < 1.29 is 9.90 Å². The van der Waals surface area contributed by atoms with Gasteiger partial charge in [-0.25, -0.2) is 4.98 Å². The molecule has 1 rings (SSSR count). The summed E-state index contributed by atoms with van der Waals surface area (Å²) in [6.45, 7) is 3.86. The van der Waals surface area contributed by atoms with E-state index < -0.39 is 0 Å². The molecule has 2 N–H and O–H groups in total. The fraction of sp³-hybridized carbons (Fsp3) is 0.538. The average molecular weight is 266 g/mol. The second-order valence-corrected chi connectivity index (χ2v) is 5.05. The highest BCUT2D eigenvalue weighted by molar-refractivity contribution is 7.16. The Bertz CT molecular complexity index is 445. The quantitative estimate of drug-likeness (QED) is 0.804. The van der Waals surface area contributed by atoms with Crippen LogP contribution in [0.4, 0.5) is 5.13 Å². The third-order valence-corrected chi connectivity index (χ3v) is 3.29. The van der Waals surface area contributed by atoms with Crippen LogP contribution >= 0.6 is 11.3 Å². The lowest BCUT2D eigenvalue weighted by Gasteiger charge is -2.09. The maximum Gasteiger partial charge on any atom is 0.228 e. The average Bonchev–Trinajstić information content (AvgIpc) is 2.80. The minimum Gasteiger partial charge on any atom is -0.384 e. The standard InChI is InChI=1S/C13H18N2O2S/c1-3-4-6-10(2)12(17)15-13-14-9-11(18-13)7-5-8-16/h9-10,16H,3-4,6,8H2,1-2H3,(H,14,15,17).